The molecule has 1 aromatic heterocycles. The lowest BCUT2D eigenvalue weighted by Gasteiger charge is -2.38. The first-order valence-corrected chi connectivity index (χ1v) is 10.8. The fourth-order valence-electron chi connectivity index (χ4n) is 4.07. The van der Waals surface area contributed by atoms with Crippen LogP contribution in [0.25, 0.3) is 0 Å². The maximum absolute atomic E-state index is 13.4. The van der Waals surface area contributed by atoms with Crippen molar-refractivity contribution in [1.29, 1.82) is 0 Å². The summed E-state index contributed by atoms with van der Waals surface area (Å²) in [6.07, 6.45) is 2.34. The van der Waals surface area contributed by atoms with E-state index < -0.39 is 0 Å². The molecule has 0 fully saturated rings. The second kappa shape index (κ2) is 8.98. The van der Waals surface area contributed by atoms with Crippen molar-refractivity contribution in [3.8, 4) is 11.5 Å². The summed E-state index contributed by atoms with van der Waals surface area (Å²) in [6, 6.07) is 16.7. The van der Waals surface area contributed by atoms with Gasteiger partial charge in [0.05, 0.1) is 20.3 Å². The zero-order chi connectivity index (χ0) is 22.0. The molecular weight excluding hydrogens is 460 g/mol. The van der Waals surface area contributed by atoms with E-state index in [1.807, 2.05) is 47.4 Å². The van der Waals surface area contributed by atoms with E-state index in [2.05, 4.69) is 15.9 Å². The van der Waals surface area contributed by atoms with Crippen molar-refractivity contribution >= 4 is 21.8 Å². The Hall–Kier alpha value is -3.06. The maximum Gasteiger partial charge on any atom is 0.251 e. The van der Waals surface area contributed by atoms with Gasteiger partial charge in [-0.05, 0) is 57.2 Å². The number of hydrogen-bond donors (Lipinski definition) is 0. The lowest BCUT2D eigenvalue weighted by atomic mass is 9.87. The molecule has 0 spiro atoms. The summed E-state index contributed by atoms with van der Waals surface area (Å²) in [5.41, 5.74) is 2.92. The summed E-state index contributed by atoms with van der Waals surface area (Å²) < 4.78 is 13.2. The molecule has 1 amide bonds. The van der Waals surface area contributed by atoms with Crippen molar-refractivity contribution in [2.75, 3.05) is 20.8 Å². The summed E-state index contributed by atoms with van der Waals surface area (Å²) in [4.78, 5) is 27.5. The summed E-state index contributed by atoms with van der Waals surface area (Å²) in [5, 5.41) is 0. The van der Waals surface area contributed by atoms with E-state index in [1.54, 1.807) is 26.5 Å². The van der Waals surface area contributed by atoms with Crippen molar-refractivity contribution in [3.05, 3.63) is 92.3 Å². The molecule has 31 heavy (non-hydrogen) atoms. The van der Waals surface area contributed by atoms with Crippen LogP contribution in [0.2, 0.25) is 0 Å². The number of nitrogens with zero attached hydrogens (tertiary/aromatic N) is 2. The van der Waals surface area contributed by atoms with Crippen LogP contribution in [0.3, 0.4) is 0 Å². The van der Waals surface area contributed by atoms with Crippen LogP contribution in [-0.2, 0) is 17.8 Å². The van der Waals surface area contributed by atoms with Crippen LogP contribution in [-0.4, -0.2) is 36.1 Å². The largest absolute Gasteiger partial charge is 0.493 e. The van der Waals surface area contributed by atoms with E-state index in [9.17, 15) is 9.59 Å². The standard InChI is InChI=1S/C24H23BrN2O4/c1-30-20-12-17-10-11-27(23(29)15-26-14-18(25)8-9-22(26)28)24(16-6-4-3-5-7-16)19(17)13-21(20)31-2/h3-9,12-14,24H,10-11,15H2,1-2H3. The number of pyridine rings is 1. The average Bonchev–Trinajstić information content (AvgIpc) is 2.80. The average molecular weight is 483 g/mol. The maximum atomic E-state index is 13.4. The highest BCUT2D eigenvalue weighted by Crippen LogP contribution is 2.41. The minimum Gasteiger partial charge on any atom is -0.493 e. The van der Waals surface area contributed by atoms with Crippen molar-refractivity contribution in [2.45, 2.75) is 19.0 Å². The van der Waals surface area contributed by atoms with Crippen LogP contribution in [0.15, 0.2) is 70.1 Å². The molecule has 0 N–H and O–H groups in total. The third-order valence-electron chi connectivity index (χ3n) is 5.56. The fourth-order valence-corrected chi connectivity index (χ4v) is 4.45. The first kappa shape index (κ1) is 21.2. The van der Waals surface area contributed by atoms with Gasteiger partial charge in [-0.1, -0.05) is 30.3 Å². The number of ether oxygens (including phenoxy) is 2. The van der Waals surface area contributed by atoms with Crippen LogP contribution in [0.5, 0.6) is 11.5 Å². The van der Waals surface area contributed by atoms with E-state index in [0.717, 1.165) is 21.2 Å². The number of fused-ring (bicyclic) bond motifs is 1. The number of carbonyl (C=O) groups excluding carboxylic acids is 1. The van der Waals surface area contributed by atoms with E-state index in [-0.39, 0.29) is 24.1 Å². The van der Waals surface area contributed by atoms with Crippen LogP contribution >= 0.6 is 15.9 Å². The molecule has 0 saturated heterocycles. The summed E-state index contributed by atoms with van der Waals surface area (Å²) in [7, 11) is 3.22. The fraction of sp³-hybridized carbons (Fsp3) is 0.250. The highest BCUT2D eigenvalue weighted by atomic mass is 79.9. The number of amides is 1. The molecule has 1 unspecified atom stereocenters. The Morgan fingerprint density at radius 2 is 1.77 bits per heavy atom. The predicted molar refractivity (Wildman–Crippen MR) is 122 cm³/mol. The SMILES string of the molecule is COc1cc2c(cc1OC)C(c1ccccc1)N(C(=O)Cn1cc(Br)ccc1=O)CC2. The molecular formula is C24H23BrN2O4. The molecule has 0 saturated carbocycles. The molecule has 1 aliphatic rings. The van der Waals surface area contributed by atoms with E-state index in [0.29, 0.717) is 24.5 Å². The summed E-state index contributed by atoms with van der Waals surface area (Å²) in [6.45, 7) is 0.522. The van der Waals surface area contributed by atoms with Gasteiger partial charge >= 0.3 is 0 Å². The van der Waals surface area contributed by atoms with Crippen molar-refractivity contribution in [1.82, 2.24) is 9.47 Å². The van der Waals surface area contributed by atoms with Crippen molar-refractivity contribution in [2.24, 2.45) is 0 Å². The van der Waals surface area contributed by atoms with E-state index in [1.165, 1.54) is 10.6 Å². The lowest BCUT2D eigenvalue weighted by Crippen LogP contribution is -2.43. The summed E-state index contributed by atoms with van der Waals surface area (Å²) >= 11 is 3.37. The Bertz CT molecular complexity index is 1160. The number of carbonyl (C=O) groups is 1. The van der Waals surface area contributed by atoms with Gasteiger partial charge in [0.2, 0.25) is 5.91 Å². The van der Waals surface area contributed by atoms with E-state index >= 15 is 0 Å². The van der Waals surface area contributed by atoms with Gasteiger partial charge in [0.25, 0.3) is 5.56 Å². The first-order chi connectivity index (χ1) is 15.0. The number of hydrogen-bond acceptors (Lipinski definition) is 4. The van der Waals surface area contributed by atoms with Gasteiger partial charge in [0, 0.05) is 23.3 Å². The summed E-state index contributed by atoms with van der Waals surface area (Å²) in [5.74, 6) is 1.18. The molecule has 7 heteroatoms. The van der Waals surface area contributed by atoms with Gasteiger partial charge in [-0.2, -0.15) is 0 Å². The number of aromatic nitrogens is 1. The third kappa shape index (κ3) is 4.23. The smallest absolute Gasteiger partial charge is 0.251 e. The Kier molecular flexibility index (Phi) is 6.13. The highest BCUT2D eigenvalue weighted by molar-refractivity contribution is 9.10. The van der Waals surface area contributed by atoms with Crippen molar-refractivity contribution < 1.29 is 14.3 Å². The Balaban J connectivity index is 1.77. The topological polar surface area (TPSA) is 60.8 Å². The van der Waals surface area contributed by atoms with Gasteiger partial charge in [0.15, 0.2) is 11.5 Å². The van der Waals surface area contributed by atoms with Crippen molar-refractivity contribution in [3.63, 3.8) is 0 Å². The molecule has 160 valence electrons. The molecule has 0 aliphatic carbocycles. The molecule has 3 aromatic rings. The molecule has 1 aliphatic heterocycles. The molecule has 6 nitrogen and oxygen atoms in total. The normalized spacial score (nSPS) is 15.3. The molecule has 1 atom stereocenters. The van der Waals surface area contributed by atoms with Gasteiger partial charge in [-0.3, -0.25) is 9.59 Å². The second-order valence-electron chi connectivity index (χ2n) is 7.37. The van der Waals surface area contributed by atoms with Crippen LogP contribution in [0.1, 0.15) is 22.7 Å². The zero-order valence-electron chi connectivity index (χ0n) is 17.4. The minimum absolute atomic E-state index is 0.0236. The monoisotopic (exact) mass is 482 g/mol. The second-order valence-corrected chi connectivity index (χ2v) is 8.29. The number of methoxy groups -OCH3 is 2. The van der Waals surface area contributed by atoms with Crippen LogP contribution in [0, 0.1) is 0 Å². The third-order valence-corrected chi connectivity index (χ3v) is 6.03. The number of benzene rings is 2. The quantitative estimate of drug-likeness (QED) is 0.554. The van der Waals surface area contributed by atoms with E-state index in [4.69, 9.17) is 9.47 Å². The molecule has 0 bridgehead atoms. The van der Waals surface area contributed by atoms with Crippen LogP contribution in [0.4, 0.5) is 0 Å². The van der Waals surface area contributed by atoms with Gasteiger partial charge in [-0.25, -0.2) is 0 Å². The van der Waals surface area contributed by atoms with Gasteiger partial charge < -0.3 is 18.9 Å². The number of rotatable bonds is 5. The minimum atomic E-state index is -0.278. The zero-order valence-corrected chi connectivity index (χ0v) is 19.0. The Labute approximate surface area is 189 Å². The Morgan fingerprint density at radius 3 is 2.48 bits per heavy atom. The van der Waals surface area contributed by atoms with Gasteiger partial charge in [0.1, 0.15) is 6.54 Å². The van der Waals surface area contributed by atoms with Gasteiger partial charge in [-0.15, -0.1) is 0 Å². The number of halogens is 1. The molecule has 4 rings (SSSR count). The predicted octanol–water partition coefficient (Wildman–Crippen LogP) is 3.80. The first-order valence-electron chi connectivity index (χ1n) is 9.97. The van der Waals surface area contributed by atoms with Crippen LogP contribution < -0.4 is 15.0 Å². The highest BCUT2D eigenvalue weighted by Gasteiger charge is 2.33. The lowest BCUT2D eigenvalue weighted by molar-refractivity contribution is -0.134. The Morgan fingerprint density at radius 1 is 1.06 bits per heavy atom. The molecule has 2 aromatic carbocycles. The molecule has 0 radical (unpaired) electrons. The molecule has 2 heterocycles.